The molecule has 0 heterocycles. The van der Waals surface area contributed by atoms with Gasteiger partial charge in [0.05, 0.1) is 15.7 Å². The molecule has 2 N–H and O–H groups in total. The summed E-state index contributed by atoms with van der Waals surface area (Å²) < 4.78 is 0. The van der Waals surface area contributed by atoms with Crippen molar-refractivity contribution >= 4 is 40.5 Å². The Kier molecular flexibility index (Phi) is 4.23. The second-order valence-electron chi connectivity index (χ2n) is 3.73. The van der Waals surface area contributed by atoms with Crippen LogP contribution in [0.1, 0.15) is 5.56 Å². The molecule has 2 aromatic carbocycles. The summed E-state index contributed by atoms with van der Waals surface area (Å²) in [6.07, 6.45) is 0. The highest BCUT2D eigenvalue weighted by atomic mass is 35.5. The van der Waals surface area contributed by atoms with E-state index in [-0.39, 0.29) is 5.75 Å². The van der Waals surface area contributed by atoms with Gasteiger partial charge in [-0.2, -0.15) is 0 Å². The number of rotatable bonds is 3. The van der Waals surface area contributed by atoms with Gasteiger partial charge in [0, 0.05) is 17.1 Å². The summed E-state index contributed by atoms with van der Waals surface area (Å²) in [5, 5.41) is 14.3. The number of halogens is 3. The van der Waals surface area contributed by atoms with E-state index >= 15 is 0 Å². The van der Waals surface area contributed by atoms with Crippen LogP contribution in [0.4, 0.5) is 5.69 Å². The minimum atomic E-state index is 0.0803. The third-order valence-electron chi connectivity index (χ3n) is 2.47. The largest absolute Gasteiger partial charge is 0.506 e. The Morgan fingerprint density at radius 2 is 1.78 bits per heavy atom. The van der Waals surface area contributed by atoms with Crippen LogP contribution in [0.3, 0.4) is 0 Å². The number of aromatic hydroxyl groups is 1. The molecule has 2 aromatic rings. The van der Waals surface area contributed by atoms with Crippen molar-refractivity contribution in [3.05, 3.63) is 57.0 Å². The van der Waals surface area contributed by atoms with Crippen LogP contribution in [0.5, 0.6) is 5.75 Å². The van der Waals surface area contributed by atoms with Crippen LogP contribution >= 0.6 is 34.8 Å². The molecule has 0 aliphatic rings. The van der Waals surface area contributed by atoms with Crippen molar-refractivity contribution in [2.75, 3.05) is 5.32 Å². The number of para-hydroxylation sites is 1. The first-order valence-corrected chi connectivity index (χ1v) is 6.36. The number of anilines is 1. The van der Waals surface area contributed by atoms with E-state index in [9.17, 15) is 5.11 Å². The zero-order chi connectivity index (χ0) is 13.1. The van der Waals surface area contributed by atoms with Crippen molar-refractivity contribution in [3.8, 4) is 5.75 Å². The molecule has 0 amide bonds. The van der Waals surface area contributed by atoms with Gasteiger partial charge in [-0.15, -0.1) is 0 Å². The van der Waals surface area contributed by atoms with Gasteiger partial charge in [0.25, 0.3) is 0 Å². The lowest BCUT2D eigenvalue weighted by molar-refractivity contribution is 0.469. The number of hydrogen-bond acceptors (Lipinski definition) is 2. The Bertz CT molecular complexity index is 572. The van der Waals surface area contributed by atoms with E-state index in [1.807, 2.05) is 0 Å². The van der Waals surface area contributed by atoms with E-state index < -0.39 is 0 Å². The zero-order valence-electron chi connectivity index (χ0n) is 9.25. The fourth-order valence-corrected chi connectivity index (χ4v) is 2.20. The molecule has 0 aliphatic heterocycles. The maximum absolute atomic E-state index is 9.76. The summed E-state index contributed by atoms with van der Waals surface area (Å²) in [7, 11) is 0. The molecule has 0 unspecified atom stereocenters. The monoisotopic (exact) mass is 301 g/mol. The molecular weight excluding hydrogens is 293 g/mol. The molecule has 94 valence electrons. The Balaban J connectivity index is 2.14. The maximum Gasteiger partial charge on any atom is 0.139 e. The molecule has 0 aliphatic carbocycles. The van der Waals surface area contributed by atoms with E-state index in [1.165, 1.54) is 0 Å². The first kappa shape index (κ1) is 13.3. The number of phenolic OH excluding ortho intramolecular Hbond substituents is 1. The molecule has 5 heteroatoms. The maximum atomic E-state index is 9.76. The van der Waals surface area contributed by atoms with Crippen molar-refractivity contribution in [1.82, 2.24) is 0 Å². The highest BCUT2D eigenvalue weighted by Gasteiger charge is 2.06. The van der Waals surface area contributed by atoms with Gasteiger partial charge in [-0.05, 0) is 24.3 Å². The number of benzene rings is 2. The van der Waals surface area contributed by atoms with Crippen molar-refractivity contribution in [1.29, 1.82) is 0 Å². The third-order valence-corrected chi connectivity index (χ3v) is 3.32. The third kappa shape index (κ3) is 3.02. The summed E-state index contributed by atoms with van der Waals surface area (Å²) in [5.74, 6) is 0.0803. The summed E-state index contributed by atoms with van der Waals surface area (Å²) in [6, 6.07) is 10.4. The zero-order valence-corrected chi connectivity index (χ0v) is 11.5. The molecule has 0 fully saturated rings. The summed E-state index contributed by atoms with van der Waals surface area (Å²) in [6.45, 7) is 0.424. The second-order valence-corrected chi connectivity index (χ2v) is 4.98. The quantitative estimate of drug-likeness (QED) is 0.839. The predicted molar refractivity (Wildman–Crippen MR) is 76.9 cm³/mol. The molecule has 0 radical (unpaired) electrons. The van der Waals surface area contributed by atoms with Crippen LogP contribution in [0, 0.1) is 0 Å². The highest BCUT2D eigenvalue weighted by Crippen LogP contribution is 2.29. The molecular formula is C13H10Cl3NO. The minimum absolute atomic E-state index is 0.0803. The fourth-order valence-electron chi connectivity index (χ4n) is 1.53. The lowest BCUT2D eigenvalue weighted by atomic mass is 10.2. The number of hydrogen-bond donors (Lipinski definition) is 2. The molecule has 0 atom stereocenters. The van der Waals surface area contributed by atoms with Crippen molar-refractivity contribution < 1.29 is 5.11 Å². The van der Waals surface area contributed by atoms with Crippen LogP contribution in [0.15, 0.2) is 36.4 Å². The molecule has 0 saturated carbocycles. The topological polar surface area (TPSA) is 32.3 Å². The molecule has 0 saturated heterocycles. The fraction of sp³-hybridized carbons (Fsp3) is 0.0769. The normalized spacial score (nSPS) is 10.4. The molecule has 2 rings (SSSR count). The lowest BCUT2D eigenvalue weighted by Gasteiger charge is -2.10. The average Bonchev–Trinajstić information content (AvgIpc) is 2.33. The SMILES string of the molecule is Oc1c(Cl)cccc1CNc1ccc(Cl)cc1Cl. The smallest absolute Gasteiger partial charge is 0.139 e. The van der Waals surface area contributed by atoms with Gasteiger partial charge in [0.2, 0.25) is 0 Å². The van der Waals surface area contributed by atoms with Crippen molar-refractivity contribution in [3.63, 3.8) is 0 Å². The average molecular weight is 303 g/mol. The molecule has 0 aromatic heterocycles. The Morgan fingerprint density at radius 3 is 2.50 bits per heavy atom. The van der Waals surface area contributed by atoms with Crippen LogP contribution in [0.25, 0.3) is 0 Å². The Labute approximate surface area is 120 Å². The number of nitrogens with one attached hydrogen (secondary N) is 1. The minimum Gasteiger partial charge on any atom is -0.506 e. The molecule has 0 spiro atoms. The summed E-state index contributed by atoms with van der Waals surface area (Å²) in [5.41, 5.74) is 1.45. The van der Waals surface area contributed by atoms with Gasteiger partial charge in [-0.25, -0.2) is 0 Å². The van der Waals surface area contributed by atoms with Crippen LogP contribution in [-0.2, 0) is 6.54 Å². The van der Waals surface area contributed by atoms with Crippen molar-refractivity contribution in [2.24, 2.45) is 0 Å². The Morgan fingerprint density at radius 1 is 1.00 bits per heavy atom. The van der Waals surface area contributed by atoms with Gasteiger partial charge in [-0.1, -0.05) is 46.9 Å². The summed E-state index contributed by atoms with van der Waals surface area (Å²) in [4.78, 5) is 0. The van der Waals surface area contributed by atoms with Gasteiger partial charge in [0.1, 0.15) is 5.75 Å². The standard InChI is InChI=1S/C13H10Cl3NO/c14-9-4-5-12(11(16)6-9)17-7-8-2-1-3-10(15)13(8)18/h1-6,17-18H,7H2. The number of phenols is 1. The van der Waals surface area contributed by atoms with Gasteiger partial charge in [-0.3, -0.25) is 0 Å². The van der Waals surface area contributed by atoms with Crippen LogP contribution < -0.4 is 5.32 Å². The van der Waals surface area contributed by atoms with Gasteiger partial charge in [0.15, 0.2) is 0 Å². The first-order valence-electron chi connectivity index (χ1n) is 5.23. The van der Waals surface area contributed by atoms with E-state index in [0.717, 1.165) is 5.69 Å². The van der Waals surface area contributed by atoms with E-state index in [1.54, 1.807) is 36.4 Å². The second kappa shape index (κ2) is 5.70. The predicted octanol–water partition coefficient (Wildman–Crippen LogP) is 4.96. The lowest BCUT2D eigenvalue weighted by Crippen LogP contribution is -2.00. The molecule has 18 heavy (non-hydrogen) atoms. The van der Waals surface area contributed by atoms with E-state index in [0.29, 0.717) is 27.2 Å². The van der Waals surface area contributed by atoms with Crippen LogP contribution in [0.2, 0.25) is 15.1 Å². The highest BCUT2D eigenvalue weighted by molar-refractivity contribution is 6.36. The van der Waals surface area contributed by atoms with Gasteiger partial charge >= 0.3 is 0 Å². The van der Waals surface area contributed by atoms with Crippen LogP contribution in [-0.4, -0.2) is 5.11 Å². The first-order chi connectivity index (χ1) is 8.58. The van der Waals surface area contributed by atoms with Gasteiger partial charge < -0.3 is 10.4 Å². The molecule has 0 bridgehead atoms. The van der Waals surface area contributed by atoms with Crippen molar-refractivity contribution in [2.45, 2.75) is 6.54 Å². The summed E-state index contributed by atoms with van der Waals surface area (Å²) >= 11 is 17.7. The van der Waals surface area contributed by atoms with E-state index in [4.69, 9.17) is 34.8 Å². The Hall–Kier alpha value is -1.09. The van der Waals surface area contributed by atoms with E-state index in [2.05, 4.69) is 5.32 Å². The molecule has 2 nitrogen and oxygen atoms in total.